The van der Waals surface area contributed by atoms with Crippen LogP contribution in [0.5, 0.6) is 0 Å². The summed E-state index contributed by atoms with van der Waals surface area (Å²) in [7, 11) is 0. The summed E-state index contributed by atoms with van der Waals surface area (Å²) in [6.07, 6.45) is 16.2. The average Bonchev–Trinajstić information content (AvgIpc) is 3.52. The van der Waals surface area contributed by atoms with E-state index in [1.807, 2.05) is 12.1 Å². The van der Waals surface area contributed by atoms with Crippen molar-refractivity contribution >= 4 is 0 Å². The summed E-state index contributed by atoms with van der Waals surface area (Å²) in [5.74, 6) is -2.74. The molecule has 0 saturated heterocycles. The molecule has 160 valence electrons. The molecule has 0 N–H and O–H groups in total. The number of aromatic nitrogens is 2. The first-order valence-corrected chi connectivity index (χ1v) is 9.37. The molecule has 0 radical (unpaired) electrons. The van der Waals surface area contributed by atoms with Crippen LogP contribution in [-0.2, 0) is 21.7 Å². The fourth-order valence-electron chi connectivity index (χ4n) is 2.65. The Balaban J connectivity index is 0.000000182. The molecule has 2 aromatic heterocycles. The Morgan fingerprint density at radius 3 is 1.25 bits per heavy atom. The molecular formula is C25H18F4N2Ti. The molecule has 0 saturated carbocycles. The number of halogens is 4. The van der Waals surface area contributed by atoms with E-state index < -0.39 is 23.3 Å². The van der Waals surface area contributed by atoms with Crippen molar-refractivity contribution in [1.82, 2.24) is 9.13 Å². The van der Waals surface area contributed by atoms with Gasteiger partial charge in [0.1, 0.15) is 0 Å². The van der Waals surface area contributed by atoms with Gasteiger partial charge >= 0.3 is 21.7 Å². The van der Waals surface area contributed by atoms with Crippen LogP contribution < -0.4 is 0 Å². The molecule has 2 nitrogen and oxygen atoms in total. The van der Waals surface area contributed by atoms with E-state index in [4.69, 9.17) is 0 Å². The maximum absolute atomic E-state index is 13.1. The van der Waals surface area contributed by atoms with Crippen LogP contribution in [0.3, 0.4) is 0 Å². The average molecular weight is 470 g/mol. The van der Waals surface area contributed by atoms with Crippen molar-refractivity contribution in [1.29, 1.82) is 0 Å². The van der Waals surface area contributed by atoms with Gasteiger partial charge in [-0.05, 0) is 66.8 Å². The molecule has 0 bridgehead atoms. The molecule has 0 unspecified atom stereocenters. The quantitative estimate of drug-likeness (QED) is 0.177. The molecule has 0 fully saturated rings. The molecule has 5 rings (SSSR count). The molecule has 0 aliphatic heterocycles. The summed E-state index contributed by atoms with van der Waals surface area (Å²) in [6, 6.07) is 16.1. The number of hydrogen-bond acceptors (Lipinski definition) is 0. The zero-order valence-corrected chi connectivity index (χ0v) is 18.4. The van der Waals surface area contributed by atoms with Gasteiger partial charge in [-0.2, -0.15) is 0 Å². The first kappa shape index (κ1) is 25.2. The molecule has 1 aliphatic rings. The topological polar surface area (TPSA) is 9.86 Å². The van der Waals surface area contributed by atoms with E-state index >= 15 is 0 Å². The minimum atomic E-state index is -0.687. The van der Waals surface area contributed by atoms with Gasteiger partial charge in [0.2, 0.25) is 0 Å². The normalized spacial score (nSPS) is 11.1. The third-order valence-electron chi connectivity index (χ3n) is 4.10. The van der Waals surface area contributed by atoms with E-state index in [0.717, 1.165) is 6.42 Å². The van der Waals surface area contributed by atoms with E-state index in [1.54, 1.807) is 58.2 Å². The van der Waals surface area contributed by atoms with Crippen molar-refractivity contribution < 1.29 is 39.3 Å². The molecule has 4 aromatic rings. The molecule has 2 aromatic carbocycles. The Hall–Kier alpha value is -3.09. The number of allylic oxidation sites excluding steroid dienone is 4. The van der Waals surface area contributed by atoms with E-state index in [0.29, 0.717) is 11.4 Å². The van der Waals surface area contributed by atoms with E-state index in [2.05, 4.69) is 24.3 Å². The predicted molar refractivity (Wildman–Crippen MR) is 112 cm³/mol. The van der Waals surface area contributed by atoms with Crippen molar-refractivity contribution in [3.8, 4) is 11.4 Å². The van der Waals surface area contributed by atoms with Crippen LogP contribution in [-0.4, -0.2) is 9.13 Å². The first-order valence-electron chi connectivity index (χ1n) is 9.37. The maximum Gasteiger partial charge on any atom is 2.00 e. The minimum Gasteiger partial charge on any atom is -0.375 e. The Kier molecular flexibility index (Phi) is 9.99. The molecule has 2 heterocycles. The SMILES string of the molecule is C1=CCC=C1.Fc1[c-]c(F)c(-n2cccc2)cc1.Fc1[c-]c(F)c(-n2cccc2)cc1.[Ti+2]. The molecule has 7 heteroatoms. The molecule has 0 amide bonds. The maximum atomic E-state index is 13.1. The van der Waals surface area contributed by atoms with Gasteiger partial charge < -0.3 is 9.13 Å². The van der Waals surface area contributed by atoms with Crippen LogP contribution in [0.4, 0.5) is 17.6 Å². The summed E-state index contributed by atoms with van der Waals surface area (Å²) < 4.78 is 54.3. The first-order chi connectivity index (χ1) is 15.0. The summed E-state index contributed by atoms with van der Waals surface area (Å²) in [6.45, 7) is 0. The van der Waals surface area contributed by atoms with Gasteiger partial charge in [0.05, 0.1) is 0 Å². The standard InChI is InChI=1S/2C10H6F2N.C5H6.Ti/c2*11-8-3-4-10(9(12)7-8)13-5-1-2-6-13;1-2-4-5-3-1;/h2*1-6H;1-4H,5H2;/q2*-1;;+2. The third-order valence-corrected chi connectivity index (χ3v) is 4.10. The second-order valence-electron chi connectivity index (χ2n) is 6.28. The molecule has 1 aliphatic carbocycles. The minimum absolute atomic E-state index is 0. The van der Waals surface area contributed by atoms with Crippen molar-refractivity contribution in [2.75, 3.05) is 0 Å². The van der Waals surface area contributed by atoms with Crippen LogP contribution in [0.1, 0.15) is 6.42 Å². The molecule has 32 heavy (non-hydrogen) atoms. The van der Waals surface area contributed by atoms with Crippen LogP contribution in [0.15, 0.2) is 97.6 Å². The summed E-state index contributed by atoms with van der Waals surface area (Å²) >= 11 is 0. The predicted octanol–water partition coefficient (Wildman–Crippen LogP) is 6.61. The number of hydrogen-bond donors (Lipinski definition) is 0. The summed E-state index contributed by atoms with van der Waals surface area (Å²) in [5.41, 5.74) is 0.595. The Morgan fingerprint density at radius 2 is 0.969 bits per heavy atom. The van der Waals surface area contributed by atoms with Crippen LogP contribution in [0.2, 0.25) is 0 Å². The largest absolute Gasteiger partial charge is 2.00 e. The zero-order valence-electron chi connectivity index (χ0n) is 16.9. The zero-order chi connectivity index (χ0) is 22.1. The fourth-order valence-corrected chi connectivity index (χ4v) is 2.65. The number of benzene rings is 2. The van der Waals surface area contributed by atoms with Crippen molar-refractivity contribution in [3.05, 3.63) is 133 Å². The van der Waals surface area contributed by atoms with E-state index in [1.165, 1.54) is 24.3 Å². The Labute approximate surface area is 199 Å². The Morgan fingerprint density at radius 1 is 0.594 bits per heavy atom. The van der Waals surface area contributed by atoms with Crippen molar-refractivity contribution in [3.63, 3.8) is 0 Å². The van der Waals surface area contributed by atoms with Crippen molar-refractivity contribution in [2.24, 2.45) is 0 Å². The third kappa shape index (κ3) is 7.25. The van der Waals surface area contributed by atoms with Crippen molar-refractivity contribution in [2.45, 2.75) is 6.42 Å². The van der Waals surface area contributed by atoms with E-state index in [-0.39, 0.29) is 21.7 Å². The second-order valence-corrected chi connectivity index (χ2v) is 6.28. The Bertz CT molecular complexity index is 1060. The van der Waals surface area contributed by atoms with Gasteiger partial charge in [-0.1, -0.05) is 24.3 Å². The van der Waals surface area contributed by atoms with Crippen LogP contribution >= 0.6 is 0 Å². The smallest absolute Gasteiger partial charge is 0.375 e. The molecular weight excluding hydrogens is 452 g/mol. The van der Waals surface area contributed by atoms with E-state index in [9.17, 15) is 17.6 Å². The molecule has 0 atom stereocenters. The monoisotopic (exact) mass is 470 g/mol. The number of nitrogens with zero attached hydrogens (tertiary/aromatic N) is 2. The number of rotatable bonds is 2. The van der Waals surface area contributed by atoms with Gasteiger partial charge in [0, 0.05) is 23.3 Å². The van der Waals surface area contributed by atoms with Gasteiger partial charge in [0.15, 0.2) is 0 Å². The second kappa shape index (κ2) is 12.7. The molecule has 0 spiro atoms. The van der Waals surface area contributed by atoms with Crippen LogP contribution in [0, 0.1) is 35.4 Å². The van der Waals surface area contributed by atoms with Crippen LogP contribution in [0.25, 0.3) is 11.4 Å². The summed E-state index contributed by atoms with van der Waals surface area (Å²) in [5, 5.41) is 0. The van der Waals surface area contributed by atoms with Gasteiger partial charge in [-0.3, -0.25) is 0 Å². The van der Waals surface area contributed by atoms with Gasteiger partial charge in [0.25, 0.3) is 0 Å². The fraction of sp³-hybridized carbons (Fsp3) is 0.0400. The van der Waals surface area contributed by atoms with Gasteiger partial charge in [-0.15, -0.1) is 36.4 Å². The van der Waals surface area contributed by atoms with Gasteiger partial charge in [-0.25, -0.2) is 17.6 Å². The summed E-state index contributed by atoms with van der Waals surface area (Å²) in [4.78, 5) is 0.